The molecule has 2 N–H and O–H groups in total. The normalized spacial score (nSPS) is 11.6. The summed E-state index contributed by atoms with van der Waals surface area (Å²) in [6.45, 7) is 4.59. The smallest absolute Gasteiger partial charge is 0.191 e. The lowest BCUT2D eigenvalue weighted by Crippen LogP contribution is -2.38. The van der Waals surface area contributed by atoms with E-state index in [2.05, 4.69) is 66.3 Å². The molecule has 21 heavy (non-hydrogen) atoms. The molecule has 0 heterocycles. The number of thioether (sulfide) groups is 1. The Labute approximate surface area is 131 Å². The third-order valence-electron chi connectivity index (χ3n) is 3.23. The van der Waals surface area contributed by atoms with Gasteiger partial charge in [-0.25, -0.2) is 4.99 Å². The second-order valence-corrected chi connectivity index (χ2v) is 5.74. The molecule has 0 unspecified atom stereocenters. The maximum absolute atomic E-state index is 4.69. The van der Waals surface area contributed by atoms with E-state index in [0.717, 1.165) is 24.8 Å². The van der Waals surface area contributed by atoms with Crippen LogP contribution in [0.5, 0.6) is 0 Å². The molecule has 0 fully saturated rings. The monoisotopic (exact) mass is 301 g/mol. The molecule has 0 aliphatic carbocycles. The highest BCUT2D eigenvalue weighted by molar-refractivity contribution is 7.98. The highest BCUT2D eigenvalue weighted by Crippen LogP contribution is 2.18. The van der Waals surface area contributed by atoms with Gasteiger partial charge in [0, 0.05) is 18.8 Å². The number of nitrogens with one attached hydrogen (secondary N) is 2. The quantitative estimate of drug-likeness (QED) is 0.488. The van der Waals surface area contributed by atoms with Crippen molar-refractivity contribution in [2.24, 2.45) is 4.99 Å². The summed E-state index contributed by atoms with van der Waals surface area (Å²) in [5.41, 5.74) is 1.26. The molecule has 2 aromatic carbocycles. The van der Waals surface area contributed by atoms with Gasteiger partial charge in [-0.05, 0) is 29.5 Å². The van der Waals surface area contributed by atoms with Gasteiger partial charge in [0.05, 0.1) is 6.54 Å². The van der Waals surface area contributed by atoms with Crippen molar-refractivity contribution in [2.45, 2.75) is 13.5 Å². The van der Waals surface area contributed by atoms with E-state index in [4.69, 9.17) is 4.99 Å². The number of benzene rings is 2. The van der Waals surface area contributed by atoms with Crippen LogP contribution in [-0.2, 0) is 6.54 Å². The fourth-order valence-corrected chi connectivity index (χ4v) is 2.51. The minimum atomic E-state index is 0.690. The van der Waals surface area contributed by atoms with E-state index in [-0.39, 0.29) is 0 Å². The zero-order valence-electron chi connectivity index (χ0n) is 12.7. The van der Waals surface area contributed by atoms with Gasteiger partial charge < -0.3 is 10.6 Å². The van der Waals surface area contributed by atoms with Gasteiger partial charge in [0.15, 0.2) is 5.96 Å². The number of rotatable bonds is 6. The van der Waals surface area contributed by atoms with Crippen molar-refractivity contribution in [3.8, 4) is 0 Å². The van der Waals surface area contributed by atoms with E-state index >= 15 is 0 Å². The summed E-state index contributed by atoms with van der Waals surface area (Å²) in [6.07, 6.45) is 2.11. The van der Waals surface area contributed by atoms with Crippen molar-refractivity contribution in [2.75, 3.05) is 25.1 Å². The minimum absolute atomic E-state index is 0.690. The lowest BCUT2D eigenvalue weighted by atomic mass is 10.1. The van der Waals surface area contributed by atoms with Crippen LogP contribution in [0.3, 0.4) is 0 Å². The molecule has 0 saturated carbocycles. The number of fused-ring (bicyclic) bond motifs is 1. The number of hydrogen-bond acceptors (Lipinski definition) is 2. The molecule has 0 amide bonds. The molecule has 2 rings (SSSR count). The van der Waals surface area contributed by atoms with Gasteiger partial charge in [0.2, 0.25) is 0 Å². The Kier molecular flexibility index (Phi) is 6.41. The SMILES string of the molecule is CCNC(=NCc1cccc2ccccc12)NCCSC. The highest BCUT2D eigenvalue weighted by Gasteiger charge is 2.01. The molecular weight excluding hydrogens is 278 g/mol. The Balaban J connectivity index is 2.11. The predicted octanol–water partition coefficient (Wildman–Crippen LogP) is 3.26. The first-order valence-corrected chi connectivity index (χ1v) is 8.72. The summed E-state index contributed by atoms with van der Waals surface area (Å²) in [5, 5.41) is 9.20. The Bertz CT molecular complexity index is 590. The van der Waals surface area contributed by atoms with Gasteiger partial charge in [-0.3, -0.25) is 0 Å². The van der Waals surface area contributed by atoms with Gasteiger partial charge in [0.1, 0.15) is 0 Å². The van der Waals surface area contributed by atoms with Crippen molar-refractivity contribution in [3.63, 3.8) is 0 Å². The van der Waals surface area contributed by atoms with Crippen molar-refractivity contribution in [3.05, 3.63) is 48.0 Å². The van der Waals surface area contributed by atoms with E-state index in [1.54, 1.807) is 0 Å². The molecule has 0 aliphatic rings. The Morgan fingerprint density at radius 1 is 1.10 bits per heavy atom. The first-order valence-electron chi connectivity index (χ1n) is 7.33. The van der Waals surface area contributed by atoms with Crippen LogP contribution < -0.4 is 10.6 Å². The summed E-state index contributed by atoms with van der Waals surface area (Å²) in [5.74, 6) is 1.97. The second-order valence-electron chi connectivity index (χ2n) is 4.75. The first kappa shape index (κ1) is 15.7. The summed E-state index contributed by atoms with van der Waals surface area (Å²) in [6, 6.07) is 14.8. The first-order chi connectivity index (χ1) is 10.3. The van der Waals surface area contributed by atoms with Gasteiger partial charge >= 0.3 is 0 Å². The van der Waals surface area contributed by atoms with Crippen LogP contribution in [0, 0.1) is 0 Å². The lowest BCUT2D eigenvalue weighted by Gasteiger charge is -2.11. The average Bonchev–Trinajstić information content (AvgIpc) is 2.53. The van der Waals surface area contributed by atoms with E-state index in [1.807, 2.05) is 11.8 Å². The van der Waals surface area contributed by atoms with E-state index in [9.17, 15) is 0 Å². The van der Waals surface area contributed by atoms with E-state index in [1.165, 1.54) is 16.3 Å². The molecule has 112 valence electrons. The lowest BCUT2D eigenvalue weighted by molar-refractivity contribution is 0.844. The third kappa shape index (κ3) is 4.67. The maximum atomic E-state index is 4.69. The van der Waals surface area contributed by atoms with Crippen LogP contribution in [0.15, 0.2) is 47.5 Å². The zero-order valence-corrected chi connectivity index (χ0v) is 13.5. The molecule has 0 radical (unpaired) electrons. The number of guanidine groups is 1. The fraction of sp³-hybridized carbons (Fsp3) is 0.353. The number of aliphatic imine (C=N–C) groups is 1. The average molecular weight is 301 g/mol. The summed E-state index contributed by atoms with van der Waals surface area (Å²) in [7, 11) is 0. The standard InChI is InChI=1S/C17H23N3S/c1-3-18-17(19-11-12-21-2)20-13-15-9-6-8-14-7-4-5-10-16(14)15/h4-10H,3,11-13H2,1-2H3,(H2,18,19,20). The second kappa shape index (κ2) is 8.57. The fourth-order valence-electron chi connectivity index (χ4n) is 2.21. The molecule has 0 bridgehead atoms. The van der Waals surface area contributed by atoms with Gasteiger partial charge in [0.25, 0.3) is 0 Å². The molecule has 4 heteroatoms. The van der Waals surface area contributed by atoms with Crippen LogP contribution in [0.25, 0.3) is 10.8 Å². The predicted molar refractivity (Wildman–Crippen MR) is 95.1 cm³/mol. The maximum Gasteiger partial charge on any atom is 0.191 e. The Morgan fingerprint density at radius 3 is 2.71 bits per heavy atom. The molecule has 0 atom stereocenters. The van der Waals surface area contributed by atoms with Crippen LogP contribution in [0.2, 0.25) is 0 Å². The molecule has 2 aromatic rings. The van der Waals surface area contributed by atoms with Crippen LogP contribution >= 0.6 is 11.8 Å². The van der Waals surface area contributed by atoms with E-state index in [0.29, 0.717) is 6.54 Å². The summed E-state index contributed by atoms with van der Waals surface area (Å²) >= 11 is 1.83. The van der Waals surface area contributed by atoms with Crippen molar-refractivity contribution < 1.29 is 0 Å². The van der Waals surface area contributed by atoms with Crippen molar-refractivity contribution >= 4 is 28.5 Å². The largest absolute Gasteiger partial charge is 0.357 e. The van der Waals surface area contributed by atoms with Crippen molar-refractivity contribution in [1.29, 1.82) is 0 Å². The van der Waals surface area contributed by atoms with Gasteiger partial charge in [-0.15, -0.1) is 0 Å². The minimum Gasteiger partial charge on any atom is -0.357 e. The topological polar surface area (TPSA) is 36.4 Å². The Morgan fingerprint density at radius 2 is 1.90 bits per heavy atom. The molecule has 0 aromatic heterocycles. The molecule has 3 nitrogen and oxygen atoms in total. The zero-order chi connectivity index (χ0) is 14.9. The third-order valence-corrected chi connectivity index (χ3v) is 3.84. The molecule has 0 saturated heterocycles. The van der Waals surface area contributed by atoms with Crippen LogP contribution in [0.1, 0.15) is 12.5 Å². The number of hydrogen-bond donors (Lipinski definition) is 2. The highest BCUT2D eigenvalue weighted by atomic mass is 32.2. The number of nitrogens with zero attached hydrogens (tertiary/aromatic N) is 1. The van der Waals surface area contributed by atoms with Crippen molar-refractivity contribution in [1.82, 2.24) is 10.6 Å². The van der Waals surface area contributed by atoms with Gasteiger partial charge in [-0.1, -0.05) is 42.5 Å². The van der Waals surface area contributed by atoms with E-state index < -0.39 is 0 Å². The molecule has 0 spiro atoms. The Hall–Kier alpha value is -1.68. The van der Waals surface area contributed by atoms with Gasteiger partial charge in [-0.2, -0.15) is 11.8 Å². The molecule has 0 aliphatic heterocycles. The van der Waals surface area contributed by atoms with Crippen LogP contribution in [0.4, 0.5) is 0 Å². The van der Waals surface area contributed by atoms with Crippen LogP contribution in [-0.4, -0.2) is 31.1 Å². The summed E-state index contributed by atoms with van der Waals surface area (Å²) < 4.78 is 0. The summed E-state index contributed by atoms with van der Waals surface area (Å²) in [4.78, 5) is 4.69. The molecular formula is C17H23N3S.